The molecule has 146 valence electrons. The number of methoxy groups -OCH3 is 1. The van der Waals surface area contributed by atoms with Gasteiger partial charge in [0, 0.05) is 26.1 Å². The van der Waals surface area contributed by atoms with E-state index in [2.05, 4.69) is 28.1 Å². The number of hydrogen-bond donors (Lipinski definition) is 1. The van der Waals surface area contributed by atoms with Crippen molar-refractivity contribution >= 4 is 16.9 Å². The van der Waals surface area contributed by atoms with Gasteiger partial charge in [0.15, 0.2) is 0 Å². The van der Waals surface area contributed by atoms with Crippen molar-refractivity contribution in [1.82, 2.24) is 14.9 Å². The van der Waals surface area contributed by atoms with Crippen molar-refractivity contribution in [2.75, 3.05) is 20.3 Å². The van der Waals surface area contributed by atoms with Gasteiger partial charge in [-0.3, -0.25) is 4.79 Å². The van der Waals surface area contributed by atoms with E-state index in [9.17, 15) is 4.79 Å². The van der Waals surface area contributed by atoms with Gasteiger partial charge in [-0.25, -0.2) is 4.98 Å². The highest BCUT2D eigenvalue weighted by atomic mass is 16.5. The van der Waals surface area contributed by atoms with E-state index in [0.717, 1.165) is 42.0 Å². The number of fused-ring (bicyclic) bond motifs is 1. The smallest absolute Gasteiger partial charge is 0.249 e. The molecule has 0 spiro atoms. The number of benzene rings is 2. The fraction of sp³-hybridized carbons (Fsp3) is 0.364. The average Bonchev–Trinajstić information content (AvgIpc) is 3.38. The number of nitrogens with zero attached hydrogens (tertiary/aromatic N) is 2. The van der Waals surface area contributed by atoms with Crippen LogP contribution in [0.15, 0.2) is 48.5 Å². The summed E-state index contributed by atoms with van der Waals surface area (Å²) in [5.41, 5.74) is 3.24. The van der Waals surface area contributed by atoms with Gasteiger partial charge in [0.25, 0.3) is 0 Å². The summed E-state index contributed by atoms with van der Waals surface area (Å²) in [7, 11) is 1.67. The molecule has 1 aliphatic heterocycles. The Balaban J connectivity index is 1.50. The first kappa shape index (κ1) is 18.5. The molecule has 1 saturated heterocycles. The van der Waals surface area contributed by atoms with Crippen molar-refractivity contribution < 1.29 is 14.3 Å². The third-order valence-electron chi connectivity index (χ3n) is 5.10. The minimum absolute atomic E-state index is 0.0182. The molecule has 1 N–H and O–H groups in total. The lowest BCUT2D eigenvalue weighted by molar-refractivity contribution is -0.130. The van der Waals surface area contributed by atoms with Crippen LogP contribution >= 0.6 is 0 Å². The molecule has 2 heterocycles. The molecule has 28 heavy (non-hydrogen) atoms. The summed E-state index contributed by atoms with van der Waals surface area (Å²) in [5.74, 6) is 1.79. The summed E-state index contributed by atoms with van der Waals surface area (Å²) < 4.78 is 12.9. The third kappa shape index (κ3) is 4.02. The SMILES string of the molecule is COc1ccc(Cn2c(CCNC(=O)C3CCCO3)nc3ccccc32)cc1. The zero-order valence-electron chi connectivity index (χ0n) is 16.1. The second-order valence-electron chi connectivity index (χ2n) is 6.99. The second-order valence-corrected chi connectivity index (χ2v) is 6.99. The van der Waals surface area contributed by atoms with Crippen LogP contribution < -0.4 is 10.1 Å². The number of rotatable bonds is 7. The van der Waals surface area contributed by atoms with E-state index >= 15 is 0 Å². The Morgan fingerprint density at radius 2 is 2.07 bits per heavy atom. The molecule has 0 saturated carbocycles. The molecule has 1 fully saturated rings. The molecule has 6 nitrogen and oxygen atoms in total. The van der Waals surface area contributed by atoms with Crippen molar-refractivity contribution in [3.8, 4) is 5.75 Å². The van der Waals surface area contributed by atoms with Gasteiger partial charge in [0.2, 0.25) is 5.91 Å². The molecular weight excluding hydrogens is 354 g/mol. The Hall–Kier alpha value is -2.86. The van der Waals surface area contributed by atoms with E-state index in [1.54, 1.807) is 7.11 Å². The molecule has 3 aromatic rings. The van der Waals surface area contributed by atoms with Crippen molar-refractivity contribution in [2.45, 2.75) is 31.9 Å². The first-order valence-electron chi connectivity index (χ1n) is 9.71. The Morgan fingerprint density at radius 1 is 1.25 bits per heavy atom. The highest BCUT2D eigenvalue weighted by Crippen LogP contribution is 2.20. The Labute approximate surface area is 164 Å². The van der Waals surface area contributed by atoms with Crippen LogP contribution in [-0.2, 0) is 22.5 Å². The van der Waals surface area contributed by atoms with Gasteiger partial charge < -0.3 is 19.4 Å². The van der Waals surface area contributed by atoms with Gasteiger partial charge in [-0.05, 0) is 42.7 Å². The molecule has 2 aromatic carbocycles. The molecule has 4 rings (SSSR count). The van der Waals surface area contributed by atoms with Crippen LogP contribution in [0.5, 0.6) is 5.75 Å². The molecule has 1 unspecified atom stereocenters. The fourth-order valence-corrected chi connectivity index (χ4v) is 3.60. The molecular formula is C22H25N3O3. The Morgan fingerprint density at radius 3 is 2.82 bits per heavy atom. The quantitative estimate of drug-likeness (QED) is 0.686. The highest BCUT2D eigenvalue weighted by Gasteiger charge is 2.23. The van der Waals surface area contributed by atoms with Crippen molar-refractivity contribution in [3.05, 3.63) is 59.9 Å². The summed E-state index contributed by atoms with van der Waals surface area (Å²) in [6.07, 6.45) is 2.14. The number of amides is 1. The van der Waals surface area contributed by atoms with Crippen LogP contribution in [0.4, 0.5) is 0 Å². The number of para-hydroxylation sites is 2. The number of imidazole rings is 1. The molecule has 6 heteroatoms. The van der Waals surface area contributed by atoms with E-state index in [-0.39, 0.29) is 12.0 Å². The van der Waals surface area contributed by atoms with Crippen LogP contribution in [0.25, 0.3) is 11.0 Å². The lowest BCUT2D eigenvalue weighted by Crippen LogP contribution is -2.35. The summed E-state index contributed by atoms with van der Waals surface area (Å²) in [4.78, 5) is 17.0. The molecule has 1 aromatic heterocycles. The zero-order chi connectivity index (χ0) is 19.3. The fourth-order valence-electron chi connectivity index (χ4n) is 3.60. The van der Waals surface area contributed by atoms with Crippen molar-refractivity contribution in [1.29, 1.82) is 0 Å². The summed E-state index contributed by atoms with van der Waals surface area (Å²) >= 11 is 0. The van der Waals surface area contributed by atoms with Gasteiger partial charge in [-0.15, -0.1) is 0 Å². The Kier molecular flexibility index (Phi) is 5.58. The van der Waals surface area contributed by atoms with Crippen LogP contribution in [0.3, 0.4) is 0 Å². The van der Waals surface area contributed by atoms with E-state index in [1.165, 1.54) is 5.56 Å². The van der Waals surface area contributed by atoms with E-state index in [0.29, 0.717) is 19.6 Å². The van der Waals surface area contributed by atoms with Gasteiger partial charge in [-0.1, -0.05) is 24.3 Å². The first-order valence-corrected chi connectivity index (χ1v) is 9.71. The van der Waals surface area contributed by atoms with Crippen molar-refractivity contribution in [2.24, 2.45) is 0 Å². The van der Waals surface area contributed by atoms with Crippen LogP contribution in [0.2, 0.25) is 0 Å². The second kappa shape index (κ2) is 8.44. The highest BCUT2D eigenvalue weighted by molar-refractivity contribution is 5.81. The molecule has 0 radical (unpaired) electrons. The van der Waals surface area contributed by atoms with Gasteiger partial charge in [-0.2, -0.15) is 0 Å². The molecule has 0 bridgehead atoms. The predicted octanol–water partition coefficient (Wildman–Crippen LogP) is 2.93. The number of aromatic nitrogens is 2. The minimum Gasteiger partial charge on any atom is -0.497 e. The summed E-state index contributed by atoms with van der Waals surface area (Å²) in [6, 6.07) is 16.2. The van der Waals surface area contributed by atoms with Crippen LogP contribution in [-0.4, -0.2) is 41.8 Å². The third-order valence-corrected chi connectivity index (χ3v) is 5.10. The van der Waals surface area contributed by atoms with E-state index in [1.807, 2.05) is 30.3 Å². The minimum atomic E-state index is -0.293. The van der Waals surface area contributed by atoms with Crippen LogP contribution in [0.1, 0.15) is 24.2 Å². The number of carbonyl (C=O) groups excluding carboxylic acids is 1. The van der Waals surface area contributed by atoms with Gasteiger partial charge >= 0.3 is 0 Å². The first-order chi connectivity index (χ1) is 13.7. The number of nitrogens with one attached hydrogen (secondary N) is 1. The van der Waals surface area contributed by atoms with Gasteiger partial charge in [0.1, 0.15) is 17.7 Å². The molecule has 1 amide bonds. The number of hydrogen-bond acceptors (Lipinski definition) is 4. The summed E-state index contributed by atoms with van der Waals surface area (Å²) in [5, 5.41) is 2.99. The lowest BCUT2D eigenvalue weighted by atomic mass is 10.2. The van der Waals surface area contributed by atoms with E-state index < -0.39 is 0 Å². The number of ether oxygens (including phenoxy) is 2. The van der Waals surface area contributed by atoms with E-state index in [4.69, 9.17) is 14.5 Å². The zero-order valence-corrected chi connectivity index (χ0v) is 16.1. The normalized spacial score (nSPS) is 16.4. The molecule has 1 atom stereocenters. The Bertz CT molecular complexity index is 943. The average molecular weight is 379 g/mol. The summed E-state index contributed by atoms with van der Waals surface area (Å²) in [6.45, 7) is 1.94. The monoisotopic (exact) mass is 379 g/mol. The van der Waals surface area contributed by atoms with Crippen molar-refractivity contribution in [3.63, 3.8) is 0 Å². The molecule has 1 aliphatic rings. The van der Waals surface area contributed by atoms with Crippen LogP contribution in [0, 0.1) is 0 Å². The largest absolute Gasteiger partial charge is 0.497 e. The maximum atomic E-state index is 12.2. The topological polar surface area (TPSA) is 65.4 Å². The maximum Gasteiger partial charge on any atom is 0.249 e. The maximum absolute atomic E-state index is 12.2. The number of carbonyl (C=O) groups is 1. The predicted molar refractivity (Wildman–Crippen MR) is 108 cm³/mol. The standard InChI is InChI=1S/C22H25N3O3/c1-27-17-10-8-16(9-11-17)15-25-19-6-3-2-5-18(19)24-21(25)12-13-23-22(26)20-7-4-14-28-20/h2-3,5-6,8-11,20H,4,7,12-15H2,1H3,(H,23,26). The lowest BCUT2D eigenvalue weighted by Gasteiger charge is -2.12. The van der Waals surface area contributed by atoms with Gasteiger partial charge in [0.05, 0.1) is 18.1 Å². The molecule has 0 aliphatic carbocycles.